The molecule has 0 bridgehead atoms. The first-order valence-corrected chi connectivity index (χ1v) is 9.66. The second-order valence-corrected chi connectivity index (χ2v) is 7.70. The van der Waals surface area contributed by atoms with E-state index in [9.17, 15) is 4.79 Å². The smallest absolute Gasteiger partial charge is 0.248 e. The number of aryl methyl sites for hydroxylation is 1. The lowest BCUT2D eigenvalue weighted by molar-refractivity contribution is -0.137. The number of nitrogens with zero attached hydrogens (tertiary/aromatic N) is 4. The normalized spacial score (nSPS) is 27.0. The van der Waals surface area contributed by atoms with Crippen LogP contribution in [0.3, 0.4) is 0 Å². The highest BCUT2D eigenvalue weighted by Gasteiger charge is 2.32. The lowest BCUT2D eigenvalue weighted by Crippen LogP contribution is -2.43. The molecule has 2 fully saturated rings. The summed E-state index contributed by atoms with van der Waals surface area (Å²) in [6.07, 6.45) is 8.61. The van der Waals surface area contributed by atoms with Crippen molar-refractivity contribution in [3.05, 3.63) is 18.0 Å². The van der Waals surface area contributed by atoms with E-state index in [-0.39, 0.29) is 18.6 Å². The van der Waals surface area contributed by atoms with Crippen LogP contribution in [0.4, 0.5) is 0 Å². The fourth-order valence-electron chi connectivity index (χ4n) is 4.19. The molecular weight excluding hydrogens is 332 g/mol. The van der Waals surface area contributed by atoms with Gasteiger partial charge in [0.05, 0.1) is 18.9 Å². The van der Waals surface area contributed by atoms with Crippen molar-refractivity contribution < 1.29 is 14.3 Å². The molecule has 3 atom stereocenters. The zero-order valence-electron chi connectivity index (χ0n) is 16.3. The molecule has 0 N–H and O–H groups in total. The van der Waals surface area contributed by atoms with E-state index in [0.717, 1.165) is 45.4 Å². The van der Waals surface area contributed by atoms with E-state index in [1.807, 2.05) is 29.9 Å². The zero-order chi connectivity index (χ0) is 18.5. The van der Waals surface area contributed by atoms with Crippen molar-refractivity contribution in [1.29, 1.82) is 0 Å². The van der Waals surface area contributed by atoms with Gasteiger partial charge in [-0.3, -0.25) is 14.4 Å². The Morgan fingerprint density at radius 2 is 2.23 bits per heavy atom. The van der Waals surface area contributed by atoms with Crippen LogP contribution in [0.25, 0.3) is 0 Å². The molecule has 146 valence electrons. The van der Waals surface area contributed by atoms with E-state index in [0.29, 0.717) is 18.6 Å². The van der Waals surface area contributed by atoms with Gasteiger partial charge >= 0.3 is 0 Å². The summed E-state index contributed by atoms with van der Waals surface area (Å²) in [5.41, 5.74) is 1.23. The molecule has 2 saturated heterocycles. The van der Waals surface area contributed by atoms with E-state index >= 15 is 0 Å². The van der Waals surface area contributed by atoms with Crippen molar-refractivity contribution in [3.8, 4) is 0 Å². The lowest BCUT2D eigenvalue weighted by Gasteiger charge is -2.40. The first kappa shape index (κ1) is 19.3. The number of carbonyl (C=O) groups excluding carboxylic acids is 1. The Balaban J connectivity index is 1.52. The summed E-state index contributed by atoms with van der Waals surface area (Å²) in [7, 11) is 5.99. The van der Waals surface area contributed by atoms with Gasteiger partial charge in [-0.25, -0.2) is 0 Å². The van der Waals surface area contributed by atoms with Gasteiger partial charge in [-0.15, -0.1) is 0 Å². The van der Waals surface area contributed by atoms with Gasteiger partial charge in [-0.05, 0) is 45.2 Å². The topological polar surface area (TPSA) is 59.8 Å². The van der Waals surface area contributed by atoms with Crippen molar-refractivity contribution in [2.24, 2.45) is 13.0 Å². The molecule has 1 aromatic heterocycles. The van der Waals surface area contributed by atoms with E-state index < -0.39 is 0 Å². The largest absolute Gasteiger partial charge is 0.376 e. The van der Waals surface area contributed by atoms with Gasteiger partial charge < -0.3 is 14.4 Å². The number of likely N-dealkylation sites (tertiary alicyclic amines) is 1. The third kappa shape index (κ3) is 4.84. The number of hydrogen-bond acceptors (Lipinski definition) is 5. The molecular formula is C19H32N4O3. The number of aromatic nitrogens is 2. The van der Waals surface area contributed by atoms with Crippen molar-refractivity contribution in [2.75, 3.05) is 47.0 Å². The quantitative estimate of drug-likeness (QED) is 0.733. The van der Waals surface area contributed by atoms with Crippen LogP contribution in [0, 0.1) is 5.92 Å². The summed E-state index contributed by atoms with van der Waals surface area (Å²) in [5.74, 6) is 0.450. The highest BCUT2D eigenvalue weighted by molar-refractivity contribution is 5.77. The molecule has 7 nitrogen and oxygen atoms in total. The molecule has 0 saturated carbocycles. The SMILES string of the molecule is CN(C[C@@H]1CCCN(C)[C@H]1c1cnn(C)c1)C(=O)COC[C@H]1CCCO1. The molecule has 3 heterocycles. The fourth-order valence-corrected chi connectivity index (χ4v) is 4.19. The monoisotopic (exact) mass is 364 g/mol. The van der Waals surface area contributed by atoms with Crippen LogP contribution in [0.1, 0.15) is 37.3 Å². The lowest BCUT2D eigenvalue weighted by atomic mass is 9.86. The number of likely N-dealkylation sites (N-methyl/N-ethyl adjacent to an activating group) is 1. The van der Waals surface area contributed by atoms with Gasteiger partial charge in [0.1, 0.15) is 6.61 Å². The van der Waals surface area contributed by atoms with Crippen LogP contribution in [0.5, 0.6) is 0 Å². The summed E-state index contributed by atoms with van der Waals surface area (Å²) >= 11 is 0. The number of rotatable bonds is 7. The predicted molar refractivity (Wildman–Crippen MR) is 98.7 cm³/mol. The van der Waals surface area contributed by atoms with Crippen molar-refractivity contribution in [1.82, 2.24) is 19.6 Å². The molecule has 0 spiro atoms. The van der Waals surface area contributed by atoms with E-state index in [1.54, 1.807) is 0 Å². The average Bonchev–Trinajstić information content (AvgIpc) is 3.26. The number of carbonyl (C=O) groups is 1. The molecule has 0 unspecified atom stereocenters. The Morgan fingerprint density at radius 1 is 1.38 bits per heavy atom. The highest BCUT2D eigenvalue weighted by atomic mass is 16.5. The van der Waals surface area contributed by atoms with E-state index in [4.69, 9.17) is 9.47 Å². The van der Waals surface area contributed by atoms with Gasteiger partial charge in [-0.1, -0.05) is 0 Å². The van der Waals surface area contributed by atoms with Crippen molar-refractivity contribution in [2.45, 2.75) is 37.8 Å². The average molecular weight is 364 g/mol. The van der Waals surface area contributed by atoms with Gasteiger partial charge in [0.25, 0.3) is 0 Å². The summed E-state index contributed by atoms with van der Waals surface area (Å²) in [6, 6.07) is 0.306. The van der Waals surface area contributed by atoms with Crippen LogP contribution < -0.4 is 0 Å². The Bertz CT molecular complexity index is 585. The van der Waals surface area contributed by atoms with Crippen LogP contribution in [-0.2, 0) is 21.3 Å². The molecule has 26 heavy (non-hydrogen) atoms. The number of piperidine rings is 1. The molecule has 2 aliphatic heterocycles. The summed E-state index contributed by atoms with van der Waals surface area (Å²) < 4.78 is 13.0. The zero-order valence-corrected chi connectivity index (χ0v) is 16.3. The van der Waals surface area contributed by atoms with Gasteiger partial charge in [0.2, 0.25) is 5.91 Å². The molecule has 3 rings (SSSR count). The predicted octanol–water partition coefficient (Wildman–Crippen LogP) is 1.46. The molecule has 1 amide bonds. The van der Waals surface area contributed by atoms with E-state index in [2.05, 4.69) is 23.2 Å². The molecule has 2 aliphatic rings. The standard InChI is InChI=1S/C19H32N4O3/c1-21-8-4-6-15(19(21)16-10-20-23(3)12-16)11-22(2)18(24)14-25-13-17-7-5-9-26-17/h10,12,15,17,19H,4-9,11,13-14H2,1-3H3/t15-,17+,19+/m0/s1. The summed E-state index contributed by atoms with van der Waals surface area (Å²) in [6.45, 7) is 3.29. The Kier molecular flexibility index (Phi) is 6.67. The van der Waals surface area contributed by atoms with Gasteiger partial charge in [-0.2, -0.15) is 5.10 Å². The minimum Gasteiger partial charge on any atom is -0.376 e. The van der Waals surface area contributed by atoms with Crippen LogP contribution >= 0.6 is 0 Å². The first-order valence-electron chi connectivity index (χ1n) is 9.66. The van der Waals surface area contributed by atoms with Crippen LogP contribution in [0.15, 0.2) is 12.4 Å². The maximum atomic E-state index is 12.4. The van der Waals surface area contributed by atoms with Crippen LogP contribution in [0.2, 0.25) is 0 Å². The molecule has 0 aliphatic carbocycles. The Labute approximate surface area is 156 Å². The summed E-state index contributed by atoms with van der Waals surface area (Å²) in [4.78, 5) is 16.7. The Hall–Kier alpha value is -1.44. The van der Waals surface area contributed by atoms with Crippen LogP contribution in [-0.4, -0.2) is 78.6 Å². The van der Waals surface area contributed by atoms with Gasteiger partial charge in [0.15, 0.2) is 0 Å². The van der Waals surface area contributed by atoms with Crippen molar-refractivity contribution >= 4 is 5.91 Å². The molecule has 0 aromatic carbocycles. The number of amides is 1. The third-order valence-corrected chi connectivity index (χ3v) is 5.56. The fraction of sp³-hybridized carbons (Fsp3) is 0.789. The molecule has 1 aromatic rings. The number of hydrogen-bond donors (Lipinski definition) is 0. The van der Waals surface area contributed by atoms with E-state index in [1.165, 1.54) is 5.56 Å². The minimum absolute atomic E-state index is 0.0427. The maximum absolute atomic E-state index is 12.4. The minimum atomic E-state index is 0.0427. The third-order valence-electron chi connectivity index (χ3n) is 5.56. The second kappa shape index (κ2) is 8.97. The van der Waals surface area contributed by atoms with Crippen molar-refractivity contribution in [3.63, 3.8) is 0 Å². The highest BCUT2D eigenvalue weighted by Crippen LogP contribution is 2.35. The number of ether oxygens (including phenoxy) is 2. The summed E-state index contributed by atoms with van der Waals surface area (Å²) in [5, 5.41) is 4.33. The first-order chi connectivity index (χ1) is 12.5. The molecule has 0 radical (unpaired) electrons. The maximum Gasteiger partial charge on any atom is 0.248 e. The Morgan fingerprint density at radius 3 is 2.92 bits per heavy atom. The van der Waals surface area contributed by atoms with Gasteiger partial charge in [0, 0.05) is 45.0 Å². The molecule has 7 heteroatoms. The second-order valence-electron chi connectivity index (χ2n) is 7.70.